The first kappa shape index (κ1) is 24.1. The van der Waals surface area contributed by atoms with Gasteiger partial charge in [0.25, 0.3) is 0 Å². The Morgan fingerprint density at radius 1 is 0.909 bits per heavy atom. The van der Waals surface area contributed by atoms with E-state index in [2.05, 4.69) is 0 Å². The molecular formula is C25H29FN2O5. The van der Waals surface area contributed by atoms with Crippen molar-refractivity contribution in [3.63, 3.8) is 0 Å². The molecule has 0 atom stereocenters. The third-order valence-corrected chi connectivity index (χ3v) is 5.15. The molecule has 1 fully saturated rings. The zero-order valence-electron chi connectivity index (χ0n) is 19.0. The Kier molecular flexibility index (Phi) is 8.69. The van der Waals surface area contributed by atoms with Crippen LogP contribution < -0.4 is 14.2 Å². The first-order chi connectivity index (χ1) is 16.0. The maximum atomic E-state index is 12.9. The molecule has 8 heteroatoms. The maximum absolute atomic E-state index is 12.9. The first-order valence-corrected chi connectivity index (χ1v) is 11.0. The van der Waals surface area contributed by atoms with E-state index in [-0.39, 0.29) is 24.2 Å². The van der Waals surface area contributed by atoms with Crippen LogP contribution >= 0.6 is 0 Å². The molecule has 2 aromatic carbocycles. The fraction of sp³-hybridized carbons (Fsp3) is 0.360. The summed E-state index contributed by atoms with van der Waals surface area (Å²) in [6.07, 6.45) is 3.27. The second-order valence-corrected chi connectivity index (χ2v) is 7.45. The maximum Gasteiger partial charge on any atom is 0.246 e. The van der Waals surface area contributed by atoms with Crippen LogP contribution in [0.5, 0.6) is 17.2 Å². The number of halogens is 1. The van der Waals surface area contributed by atoms with Crippen LogP contribution in [0.3, 0.4) is 0 Å². The molecule has 33 heavy (non-hydrogen) atoms. The van der Waals surface area contributed by atoms with Crippen LogP contribution in [0.4, 0.5) is 4.39 Å². The zero-order chi connectivity index (χ0) is 23.6. The number of hydrogen-bond donors (Lipinski definition) is 0. The number of piperazine rings is 1. The number of ether oxygens (including phenoxy) is 3. The number of amides is 2. The average molecular weight is 457 g/mol. The lowest BCUT2D eigenvalue weighted by atomic mass is 10.2. The normalized spacial score (nSPS) is 13.8. The van der Waals surface area contributed by atoms with Crippen molar-refractivity contribution in [3.05, 3.63) is 59.9 Å². The number of carbonyl (C=O) groups is 2. The van der Waals surface area contributed by atoms with Crippen molar-refractivity contribution < 1.29 is 28.2 Å². The number of benzene rings is 2. The Hall–Kier alpha value is -3.55. The lowest BCUT2D eigenvalue weighted by molar-refractivity contribution is -0.135. The van der Waals surface area contributed by atoms with E-state index >= 15 is 0 Å². The van der Waals surface area contributed by atoms with Gasteiger partial charge >= 0.3 is 0 Å². The second-order valence-electron chi connectivity index (χ2n) is 7.45. The van der Waals surface area contributed by atoms with Crippen LogP contribution in [-0.4, -0.2) is 67.6 Å². The zero-order valence-corrected chi connectivity index (χ0v) is 19.0. The number of hydrogen-bond acceptors (Lipinski definition) is 5. The molecule has 0 N–H and O–H groups in total. The first-order valence-electron chi connectivity index (χ1n) is 11.0. The van der Waals surface area contributed by atoms with E-state index in [0.29, 0.717) is 56.6 Å². The summed E-state index contributed by atoms with van der Waals surface area (Å²) in [6, 6.07) is 11.3. The summed E-state index contributed by atoms with van der Waals surface area (Å²) in [6.45, 7) is 6.64. The van der Waals surface area contributed by atoms with Gasteiger partial charge in [-0.1, -0.05) is 6.07 Å². The molecule has 0 aliphatic carbocycles. The fourth-order valence-electron chi connectivity index (χ4n) is 3.37. The van der Waals surface area contributed by atoms with E-state index in [1.807, 2.05) is 19.1 Å². The van der Waals surface area contributed by atoms with Crippen LogP contribution in [-0.2, 0) is 9.59 Å². The summed E-state index contributed by atoms with van der Waals surface area (Å²) in [4.78, 5) is 27.4. The summed E-state index contributed by atoms with van der Waals surface area (Å²) in [5.74, 6) is 1.34. The molecule has 0 spiro atoms. The molecule has 3 rings (SSSR count). The largest absolute Gasteiger partial charge is 0.490 e. The van der Waals surface area contributed by atoms with E-state index in [1.54, 1.807) is 41.0 Å². The van der Waals surface area contributed by atoms with Crippen molar-refractivity contribution in [1.82, 2.24) is 9.80 Å². The molecule has 1 aliphatic heterocycles. The van der Waals surface area contributed by atoms with Gasteiger partial charge < -0.3 is 24.0 Å². The summed E-state index contributed by atoms with van der Waals surface area (Å²) >= 11 is 0. The molecule has 1 aliphatic rings. The molecule has 176 valence electrons. The van der Waals surface area contributed by atoms with Crippen molar-refractivity contribution >= 4 is 17.9 Å². The van der Waals surface area contributed by atoms with Crippen molar-refractivity contribution in [2.45, 2.75) is 13.8 Å². The Labute approximate surface area is 193 Å². The SMILES string of the molecule is CCOc1cc(/C=C/C(=O)N2CCN(C(C)=O)CC2)ccc1OCCOc1ccc(F)cc1. The van der Waals surface area contributed by atoms with Crippen LogP contribution in [0.2, 0.25) is 0 Å². The fourth-order valence-corrected chi connectivity index (χ4v) is 3.37. The van der Waals surface area contributed by atoms with Crippen LogP contribution in [0.25, 0.3) is 6.08 Å². The summed E-state index contributed by atoms with van der Waals surface area (Å²) < 4.78 is 30.0. The molecule has 0 saturated carbocycles. The van der Waals surface area contributed by atoms with Gasteiger partial charge in [-0.3, -0.25) is 9.59 Å². The minimum atomic E-state index is -0.314. The quantitative estimate of drug-likeness (QED) is 0.428. The van der Waals surface area contributed by atoms with Crippen molar-refractivity contribution in [2.75, 3.05) is 46.0 Å². The van der Waals surface area contributed by atoms with Crippen LogP contribution in [0.15, 0.2) is 48.5 Å². The molecule has 0 unspecified atom stereocenters. The Morgan fingerprint density at radius 3 is 2.24 bits per heavy atom. The summed E-state index contributed by atoms with van der Waals surface area (Å²) in [7, 11) is 0. The predicted molar refractivity (Wildman–Crippen MR) is 123 cm³/mol. The van der Waals surface area contributed by atoms with Crippen LogP contribution in [0, 0.1) is 5.82 Å². The van der Waals surface area contributed by atoms with Gasteiger partial charge in [0.15, 0.2) is 11.5 Å². The average Bonchev–Trinajstić information content (AvgIpc) is 2.82. The Morgan fingerprint density at radius 2 is 1.58 bits per heavy atom. The molecular weight excluding hydrogens is 427 g/mol. The Bertz CT molecular complexity index is 969. The number of carbonyl (C=O) groups excluding carboxylic acids is 2. The van der Waals surface area contributed by atoms with Gasteiger partial charge in [0.1, 0.15) is 24.8 Å². The Balaban J connectivity index is 1.53. The smallest absolute Gasteiger partial charge is 0.246 e. The topological polar surface area (TPSA) is 68.3 Å². The monoisotopic (exact) mass is 456 g/mol. The number of rotatable bonds is 9. The van der Waals surface area contributed by atoms with Gasteiger partial charge in [-0.15, -0.1) is 0 Å². The van der Waals surface area contributed by atoms with Gasteiger partial charge in [-0.05, 0) is 55.0 Å². The van der Waals surface area contributed by atoms with E-state index in [0.717, 1.165) is 5.56 Å². The van der Waals surface area contributed by atoms with E-state index in [9.17, 15) is 14.0 Å². The highest BCUT2D eigenvalue weighted by Crippen LogP contribution is 2.29. The lowest BCUT2D eigenvalue weighted by Crippen LogP contribution is -2.49. The third kappa shape index (κ3) is 7.24. The van der Waals surface area contributed by atoms with Gasteiger partial charge in [-0.2, -0.15) is 0 Å². The standard InChI is InChI=1S/C25H29FN2O5/c1-3-31-24-18-20(5-11-25(30)28-14-12-27(13-15-28)19(2)29)4-10-23(24)33-17-16-32-22-8-6-21(26)7-9-22/h4-11,18H,3,12-17H2,1-2H3/b11-5+. The van der Waals surface area contributed by atoms with Gasteiger partial charge in [-0.25, -0.2) is 4.39 Å². The van der Waals surface area contributed by atoms with Crippen molar-refractivity contribution in [1.29, 1.82) is 0 Å². The molecule has 2 aromatic rings. The highest BCUT2D eigenvalue weighted by atomic mass is 19.1. The van der Waals surface area contributed by atoms with Crippen LogP contribution in [0.1, 0.15) is 19.4 Å². The second kappa shape index (κ2) is 11.9. The molecule has 7 nitrogen and oxygen atoms in total. The minimum Gasteiger partial charge on any atom is -0.490 e. The predicted octanol–water partition coefficient (Wildman–Crippen LogP) is 3.39. The van der Waals surface area contributed by atoms with Crippen molar-refractivity contribution in [3.8, 4) is 17.2 Å². The van der Waals surface area contributed by atoms with Gasteiger partial charge in [0, 0.05) is 39.2 Å². The van der Waals surface area contributed by atoms with E-state index in [4.69, 9.17) is 14.2 Å². The van der Waals surface area contributed by atoms with Gasteiger partial charge in [0.05, 0.1) is 6.61 Å². The van der Waals surface area contributed by atoms with E-state index < -0.39 is 0 Å². The highest BCUT2D eigenvalue weighted by Gasteiger charge is 2.20. The highest BCUT2D eigenvalue weighted by molar-refractivity contribution is 5.92. The minimum absolute atomic E-state index is 0.0328. The van der Waals surface area contributed by atoms with E-state index in [1.165, 1.54) is 18.2 Å². The molecule has 0 aromatic heterocycles. The molecule has 1 heterocycles. The summed E-state index contributed by atoms with van der Waals surface area (Å²) in [5, 5.41) is 0. The lowest BCUT2D eigenvalue weighted by Gasteiger charge is -2.33. The molecule has 0 radical (unpaired) electrons. The van der Waals surface area contributed by atoms with Crippen molar-refractivity contribution in [2.24, 2.45) is 0 Å². The molecule has 0 bridgehead atoms. The summed E-state index contributed by atoms with van der Waals surface area (Å²) in [5.41, 5.74) is 0.809. The molecule has 1 saturated heterocycles. The molecule has 2 amide bonds. The third-order valence-electron chi connectivity index (χ3n) is 5.15. The number of nitrogens with zero attached hydrogens (tertiary/aromatic N) is 2. The van der Waals surface area contributed by atoms with Gasteiger partial charge in [0.2, 0.25) is 11.8 Å².